The molecule has 0 saturated heterocycles. The Kier molecular flexibility index (Phi) is 5.82. The summed E-state index contributed by atoms with van der Waals surface area (Å²) >= 11 is 0. The number of hydrazone groups is 1. The number of nitrogens with zero attached hydrogens (tertiary/aromatic N) is 3. The van der Waals surface area contributed by atoms with E-state index in [0.29, 0.717) is 18.7 Å². The SMILES string of the molecule is Cc1ccc(NC(=O)C(=O)N/N=C\c2cn(CCC#N)c3ccccc23)cc1. The number of carbonyl (C=O) groups excluding carboxylic acids is 2. The van der Waals surface area contributed by atoms with Gasteiger partial charge in [0.15, 0.2) is 0 Å². The summed E-state index contributed by atoms with van der Waals surface area (Å²) < 4.78 is 1.96. The van der Waals surface area contributed by atoms with Crippen LogP contribution in [0.4, 0.5) is 5.69 Å². The number of nitriles is 1. The predicted octanol–water partition coefficient (Wildman–Crippen LogP) is 2.95. The Balaban J connectivity index is 1.67. The molecule has 140 valence electrons. The zero-order chi connectivity index (χ0) is 19.9. The molecule has 1 aromatic heterocycles. The fourth-order valence-corrected chi connectivity index (χ4v) is 2.77. The van der Waals surface area contributed by atoms with Crippen molar-refractivity contribution in [1.29, 1.82) is 5.26 Å². The van der Waals surface area contributed by atoms with E-state index >= 15 is 0 Å². The van der Waals surface area contributed by atoms with Gasteiger partial charge < -0.3 is 9.88 Å². The Hall–Kier alpha value is -3.92. The molecular formula is C21H19N5O2. The molecule has 0 fully saturated rings. The minimum atomic E-state index is -0.856. The van der Waals surface area contributed by atoms with Gasteiger partial charge in [-0.3, -0.25) is 9.59 Å². The molecule has 2 amide bonds. The van der Waals surface area contributed by atoms with Gasteiger partial charge in [-0.15, -0.1) is 0 Å². The minimum Gasteiger partial charge on any atom is -0.346 e. The molecule has 2 aromatic carbocycles. The van der Waals surface area contributed by atoms with E-state index in [0.717, 1.165) is 22.0 Å². The maximum absolute atomic E-state index is 11.9. The molecule has 0 spiro atoms. The lowest BCUT2D eigenvalue weighted by Gasteiger charge is -2.03. The zero-order valence-electron chi connectivity index (χ0n) is 15.3. The molecule has 0 radical (unpaired) electrons. The average Bonchev–Trinajstić information content (AvgIpc) is 3.06. The summed E-state index contributed by atoms with van der Waals surface area (Å²) in [6.07, 6.45) is 3.75. The van der Waals surface area contributed by atoms with Crippen LogP contribution in [0.1, 0.15) is 17.5 Å². The van der Waals surface area contributed by atoms with Gasteiger partial charge in [-0.25, -0.2) is 5.43 Å². The van der Waals surface area contributed by atoms with E-state index in [-0.39, 0.29) is 0 Å². The Labute approximate surface area is 162 Å². The number of rotatable bonds is 5. The summed E-state index contributed by atoms with van der Waals surface area (Å²) in [5.74, 6) is -1.65. The highest BCUT2D eigenvalue weighted by Gasteiger charge is 2.13. The molecule has 2 N–H and O–H groups in total. The third kappa shape index (κ3) is 4.43. The number of hydrogen-bond acceptors (Lipinski definition) is 4. The molecule has 28 heavy (non-hydrogen) atoms. The van der Waals surface area contributed by atoms with Gasteiger partial charge in [0, 0.05) is 34.9 Å². The predicted molar refractivity (Wildman–Crippen MR) is 108 cm³/mol. The van der Waals surface area contributed by atoms with Crippen LogP contribution in [-0.4, -0.2) is 22.6 Å². The zero-order valence-corrected chi connectivity index (χ0v) is 15.3. The molecule has 0 bridgehead atoms. The highest BCUT2D eigenvalue weighted by atomic mass is 16.2. The highest BCUT2D eigenvalue weighted by molar-refractivity contribution is 6.39. The summed E-state index contributed by atoms with van der Waals surface area (Å²) in [4.78, 5) is 23.9. The highest BCUT2D eigenvalue weighted by Crippen LogP contribution is 2.20. The Morgan fingerprint density at radius 1 is 1.14 bits per heavy atom. The summed E-state index contributed by atoms with van der Waals surface area (Å²) in [5, 5.41) is 16.2. The van der Waals surface area contributed by atoms with Crippen LogP contribution < -0.4 is 10.7 Å². The molecule has 0 atom stereocenters. The lowest BCUT2D eigenvalue weighted by atomic mass is 10.2. The van der Waals surface area contributed by atoms with Crippen LogP contribution in [0.15, 0.2) is 59.8 Å². The first kappa shape index (κ1) is 18.9. The van der Waals surface area contributed by atoms with Crippen LogP contribution in [0, 0.1) is 18.3 Å². The van der Waals surface area contributed by atoms with Gasteiger partial charge in [-0.1, -0.05) is 35.9 Å². The third-order valence-electron chi connectivity index (χ3n) is 4.17. The van der Waals surface area contributed by atoms with E-state index in [1.54, 1.807) is 12.1 Å². The van der Waals surface area contributed by atoms with Crippen molar-refractivity contribution in [2.75, 3.05) is 5.32 Å². The van der Waals surface area contributed by atoms with Crippen molar-refractivity contribution in [3.05, 3.63) is 65.9 Å². The molecule has 0 aliphatic rings. The van der Waals surface area contributed by atoms with Crippen LogP contribution >= 0.6 is 0 Å². The van der Waals surface area contributed by atoms with E-state index in [4.69, 9.17) is 5.26 Å². The van der Waals surface area contributed by atoms with Crippen LogP contribution in [0.3, 0.4) is 0 Å². The first-order valence-corrected chi connectivity index (χ1v) is 8.74. The third-order valence-corrected chi connectivity index (χ3v) is 4.17. The van der Waals surface area contributed by atoms with Crippen molar-refractivity contribution in [3.8, 4) is 6.07 Å². The second-order valence-corrected chi connectivity index (χ2v) is 6.22. The molecule has 0 aliphatic heterocycles. The molecular weight excluding hydrogens is 354 g/mol. The number of carbonyl (C=O) groups is 2. The van der Waals surface area contributed by atoms with Crippen molar-refractivity contribution in [3.63, 3.8) is 0 Å². The lowest BCUT2D eigenvalue weighted by molar-refractivity contribution is -0.136. The summed E-state index contributed by atoms with van der Waals surface area (Å²) in [6.45, 7) is 2.50. The second-order valence-electron chi connectivity index (χ2n) is 6.22. The smallest absolute Gasteiger partial charge is 0.329 e. The fourth-order valence-electron chi connectivity index (χ4n) is 2.77. The van der Waals surface area contributed by atoms with Crippen molar-refractivity contribution in [2.45, 2.75) is 19.9 Å². The van der Waals surface area contributed by atoms with Crippen LogP contribution in [0.5, 0.6) is 0 Å². The van der Waals surface area contributed by atoms with Gasteiger partial charge in [0.2, 0.25) is 0 Å². The molecule has 0 aliphatic carbocycles. The standard InChI is InChI=1S/C21H19N5O2/c1-15-7-9-17(10-8-15)24-20(27)21(28)25-23-13-16-14-26(12-4-11-22)19-6-3-2-5-18(16)19/h2-3,5-10,13-14H,4,12H2,1H3,(H,24,27)(H,25,28)/b23-13-. The van der Waals surface area contributed by atoms with Gasteiger partial charge >= 0.3 is 11.8 Å². The van der Waals surface area contributed by atoms with E-state index in [9.17, 15) is 9.59 Å². The first-order valence-electron chi connectivity index (χ1n) is 8.74. The first-order chi connectivity index (χ1) is 13.6. The number of aromatic nitrogens is 1. The van der Waals surface area contributed by atoms with Crippen LogP contribution in [0.25, 0.3) is 10.9 Å². The Morgan fingerprint density at radius 3 is 2.64 bits per heavy atom. The molecule has 7 heteroatoms. The van der Waals surface area contributed by atoms with E-state index in [2.05, 4.69) is 21.9 Å². The number of anilines is 1. The van der Waals surface area contributed by atoms with Crippen molar-refractivity contribution >= 4 is 34.6 Å². The maximum atomic E-state index is 11.9. The van der Waals surface area contributed by atoms with E-state index < -0.39 is 11.8 Å². The number of fused-ring (bicyclic) bond motifs is 1. The summed E-state index contributed by atoms with van der Waals surface area (Å²) in [6, 6.07) is 17.0. The largest absolute Gasteiger partial charge is 0.346 e. The van der Waals surface area contributed by atoms with Crippen molar-refractivity contribution in [2.24, 2.45) is 5.10 Å². The van der Waals surface area contributed by atoms with Gasteiger partial charge in [0.25, 0.3) is 0 Å². The Bertz CT molecular complexity index is 1070. The van der Waals surface area contributed by atoms with Gasteiger partial charge in [0.1, 0.15) is 0 Å². The molecule has 7 nitrogen and oxygen atoms in total. The monoisotopic (exact) mass is 373 g/mol. The summed E-state index contributed by atoms with van der Waals surface area (Å²) in [5.41, 5.74) is 5.59. The average molecular weight is 373 g/mol. The van der Waals surface area contributed by atoms with Crippen molar-refractivity contribution < 1.29 is 9.59 Å². The molecule has 3 aromatic rings. The topological polar surface area (TPSA) is 99.3 Å². The molecule has 3 rings (SSSR count). The minimum absolute atomic E-state index is 0.394. The maximum Gasteiger partial charge on any atom is 0.329 e. The Morgan fingerprint density at radius 2 is 1.89 bits per heavy atom. The molecule has 0 saturated carbocycles. The quantitative estimate of drug-likeness (QED) is 0.408. The summed E-state index contributed by atoms with van der Waals surface area (Å²) in [7, 11) is 0. The number of aryl methyl sites for hydroxylation is 2. The molecule has 1 heterocycles. The number of nitrogens with one attached hydrogen (secondary N) is 2. The van der Waals surface area contributed by atoms with Crippen LogP contribution in [-0.2, 0) is 16.1 Å². The molecule has 0 unspecified atom stereocenters. The van der Waals surface area contributed by atoms with Gasteiger partial charge in [-0.05, 0) is 25.1 Å². The van der Waals surface area contributed by atoms with Gasteiger partial charge in [-0.2, -0.15) is 10.4 Å². The van der Waals surface area contributed by atoms with Gasteiger partial charge in [0.05, 0.1) is 18.7 Å². The van der Waals surface area contributed by atoms with E-state index in [1.807, 2.05) is 54.1 Å². The van der Waals surface area contributed by atoms with Crippen LogP contribution in [0.2, 0.25) is 0 Å². The second kappa shape index (κ2) is 8.64. The normalized spacial score (nSPS) is 10.7. The van der Waals surface area contributed by atoms with E-state index in [1.165, 1.54) is 6.21 Å². The van der Waals surface area contributed by atoms with Crippen molar-refractivity contribution in [1.82, 2.24) is 9.99 Å². The number of benzene rings is 2. The lowest BCUT2D eigenvalue weighted by Crippen LogP contribution is -2.32. The fraction of sp³-hybridized carbons (Fsp3) is 0.143. The number of hydrogen-bond donors (Lipinski definition) is 2. The number of para-hydroxylation sites is 1. The number of amides is 2.